The van der Waals surface area contributed by atoms with Gasteiger partial charge < -0.3 is 4.42 Å². The minimum atomic E-state index is -0.302. The minimum Gasteiger partial charge on any atom is -0.423 e. The van der Waals surface area contributed by atoms with Crippen LogP contribution in [0, 0.1) is 5.92 Å². The minimum absolute atomic E-state index is 0.302. The summed E-state index contributed by atoms with van der Waals surface area (Å²) >= 11 is 0. The molecule has 1 aromatic carbocycles. The first-order chi connectivity index (χ1) is 7.09. The van der Waals surface area contributed by atoms with Crippen molar-refractivity contribution in [2.24, 2.45) is 5.92 Å². The molecule has 0 atom stereocenters. The van der Waals surface area contributed by atoms with E-state index in [0.29, 0.717) is 5.58 Å². The van der Waals surface area contributed by atoms with Gasteiger partial charge in [0.2, 0.25) is 0 Å². The van der Waals surface area contributed by atoms with Gasteiger partial charge in [0.15, 0.2) is 0 Å². The lowest BCUT2D eigenvalue weighted by atomic mass is 10.2. The van der Waals surface area contributed by atoms with Crippen LogP contribution in [0.4, 0.5) is 0 Å². The van der Waals surface area contributed by atoms with Gasteiger partial charge in [-0.3, -0.25) is 0 Å². The number of fused-ring (bicyclic) bond motifs is 1. The summed E-state index contributed by atoms with van der Waals surface area (Å²) in [5.41, 5.74) is 0.337. The quantitative estimate of drug-likeness (QED) is 0.615. The lowest BCUT2D eigenvalue weighted by molar-refractivity contribution is 0.561. The second kappa shape index (κ2) is 5.35. The van der Waals surface area contributed by atoms with Crippen LogP contribution in [0.25, 0.3) is 11.0 Å². The van der Waals surface area contributed by atoms with Crippen LogP contribution in [0.1, 0.15) is 20.8 Å². The van der Waals surface area contributed by atoms with E-state index in [2.05, 4.69) is 20.8 Å². The molecule has 0 aliphatic carbocycles. The van der Waals surface area contributed by atoms with Gasteiger partial charge in [-0.1, -0.05) is 39.0 Å². The highest BCUT2D eigenvalue weighted by Gasteiger charge is 1.92. The normalized spacial score (nSPS) is 9.87. The zero-order valence-electron chi connectivity index (χ0n) is 9.36. The third kappa shape index (κ3) is 3.98. The van der Waals surface area contributed by atoms with Gasteiger partial charge in [0, 0.05) is 11.5 Å². The van der Waals surface area contributed by atoms with Crippen molar-refractivity contribution in [3.63, 3.8) is 0 Å². The summed E-state index contributed by atoms with van der Waals surface area (Å²) in [6.45, 7) is 6.50. The molecule has 0 unspecified atom stereocenters. The first-order valence-corrected chi connectivity index (χ1v) is 5.08. The number of benzene rings is 1. The van der Waals surface area contributed by atoms with Crippen molar-refractivity contribution in [2.45, 2.75) is 20.8 Å². The maximum absolute atomic E-state index is 10.7. The maximum Gasteiger partial charge on any atom is 0.336 e. The largest absolute Gasteiger partial charge is 0.423 e. The van der Waals surface area contributed by atoms with Crippen molar-refractivity contribution < 1.29 is 4.42 Å². The molecule has 1 heterocycles. The Bertz CT molecular complexity index is 466. The third-order valence-electron chi connectivity index (χ3n) is 1.53. The van der Waals surface area contributed by atoms with E-state index in [1.54, 1.807) is 12.1 Å². The van der Waals surface area contributed by atoms with Gasteiger partial charge in [0.1, 0.15) is 5.58 Å². The van der Waals surface area contributed by atoms with Gasteiger partial charge in [-0.05, 0) is 18.1 Å². The molecule has 1 aromatic heterocycles. The molecule has 0 amide bonds. The van der Waals surface area contributed by atoms with Crippen LogP contribution in [0.5, 0.6) is 0 Å². The summed E-state index contributed by atoms with van der Waals surface area (Å²) in [6.07, 6.45) is 0. The van der Waals surface area contributed by atoms with E-state index in [1.807, 2.05) is 18.2 Å². The van der Waals surface area contributed by atoms with Crippen LogP contribution < -0.4 is 5.63 Å². The highest BCUT2D eigenvalue weighted by Crippen LogP contribution is 2.08. The summed E-state index contributed by atoms with van der Waals surface area (Å²) in [5, 5.41) is 0.951. The molecule has 0 aliphatic heterocycles. The van der Waals surface area contributed by atoms with E-state index in [4.69, 9.17) is 4.42 Å². The van der Waals surface area contributed by atoms with Crippen LogP contribution >= 0.6 is 0 Å². The number of hydrogen-bond donors (Lipinski definition) is 0. The van der Waals surface area contributed by atoms with Gasteiger partial charge in [-0.25, -0.2) is 4.79 Å². The molecule has 0 radical (unpaired) electrons. The topological polar surface area (TPSA) is 30.2 Å². The molecule has 0 N–H and O–H groups in total. The van der Waals surface area contributed by atoms with Gasteiger partial charge in [-0.2, -0.15) is 0 Å². The van der Waals surface area contributed by atoms with Gasteiger partial charge in [-0.15, -0.1) is 0 Å². The molecule has 2 rings (SSSR count). The molecule has 15 heavy (non-hydrogen) atoms. The first kappa shape index (κ1) is 11.5. The maximum atomic E-state index is 10.7. The Morgan fingerprint density at radius 1 is 1.00 bits per heavy atom. The second-order valence-corrected chi connectivity index (χ2v) is 4.02. The molecular weight excluding hydrogens is 188 g/mol. The summed E-state index contributed by atoms with van der Waals surface area (Å²) in [7, 11) is 0. The molecule has 0 fully saturated rings. The molecule has 2 heteroatoms. The van der Waals surface area contributed by atoms with E-state index in [0.717, 1.165) is 11.3 Å². The first-order valence-electron chi connectivity index (χ1n) is 5.08. The fraction of sp³-hybridized carbons (Fsp3) is 0.308. The zero-order chi connectivity index (χ0) is 11.3. The predicted octanol–water partition coefficient (Wildman–Crippen LogP) is 3.46. The summed E-state index contributed by atoms with van der Waals surface area (Å²) < 4.78 is 4.91. The Morgan fingerprint density at radius 2 is 1.60 bits per heavy atom. The van der Waals surface area contributed by atoms with Crippen molar-refractivity contribution in [3.05, 3.63) is 46.8 Å². The Kier molecular flexibility index (Phi) is 4.10. The van der Waals surface area contributed by atoms with Crippen LogP contribution in [0.3, 0.4) is 0 Å². The van der Waals surface area contributed by atoms with Crippen molar-refractivity contribution in [1.29, 1.82) is 0 Å². The Morgan fingerprint density at radius 3 is 2.27 bits per heavy atom. The third-order valence-corrected chi connectivity index (χ3v) is 1.53. The number of hydrogen-bond acceptors (Lipinski definition) is 2. The summed E-state index contributed by atoms with van der Waals surface area (Å²) in [6, 6.07) is 10.6. The fourth-order valence-electron chi connectivity index (χ4n) is 1.01. The Hall–Kier alpha value is -1.57. The molecule has 0 saturated heterocycles. The molecule has 2 nitrogen and oxygen atoms in total. The Labute approximate surface area is 89.5 Å². The summed E-state index contributed by atoms with van der Waals surface area (Å²) in [5.74, 6) is 0.833. The van der Waals surface area contributed by atoms with Gasteiger partial charge >= 0.3 is 5.63 Å². The zero-order valence-corrected chi connectivity index (χ0v) is 9.36. The molecule has 0 bridgehead atoms. The van der Waals surface area contributed by atoms with E-state index >= 15 is 0 Å². The van der Waals surface area contributed by atoms with Crippen LogP contribution in [-0.2, 0) is 0 Å². The standard InChI is InChI=1S/C9H6O2.C4H10/c10-9-6-5-7-3-1-2-4-8(7)11-9;1-4(2)3/h1-6H;4H,1-3H3. The molecule has 0 aliphatic rings. The average Bonchev–Trinajstić information content (AvgIpc) is 2.16. The average molecular weight is 204 g/mol. The van der Waals surface area contributed by atoms with Crippen LogP contribution in [0.15, 0.2) is 45.6 Å². The summed E-state index contributed by atoms with van der Waals surface area (Å²) in [4.78, 5) is 10.7. The van der Waals surface area contributed by atoms with E-state index in [1.165, 1.54) is 6.07 Å². The van der Waals surface area contributed by atoms with E-state index in [-0.39, 0.29) is 5.63 Å². The predicted molar refractivity (Wildman–Crippen MR) is 63.0 cm³/mol. The monoisotopic (exact) mass is 204 g/mol. The lowest BCUT2D eigenvalue weighted by Gasteiger charge is -1.91. The fourth-order valence-corrected chi connectivity index (χ4v) is 1.01. The van der Waals surface area contributed by atoms with Gasteiger partial charge in [0.05, 0.1) is 0 Å². The lowest BCUT2D eigenvalue weighted by Crippen LogP contribution is -1.93. The highest BCUT2D eigenvalue weighted by atomic mass is 16.4. The molecule has 2 aromatic rings. The van der Waals surface area contributed by atoms with Crippen molar-refractivity contribution >= 4 is 11.0 Å². The SMILES string of the molecule is CC(C)C.O=c1ccc2ccccc2o1. The van der Waals surface area contributed by atoms with Crippen molar-refractivity contribution in [3.8, 4) is 0 Å². The van der Waals surface area contributed by atoms with E-state index < -0.39 is 0 Å². The smallest absolute Gasteiger partial charge is 0.336 e. The molecular formula is C13H16O2. The van der Waals surface area contributed by atoms with Crippen molar-refractivity contribution in [1.82, 2.24) is 0 Å². The number of rotatable bonds is 0. The highest BCUT2D eigenvalue weighted by molar-refractivity contribution is 5.75. The second-order valence-electron chi connectivity index (χ2n) is 4.02. The molecule has 80 valence electrons. The molecule has 0 saturated carbocycles. The van der Waals surface area contributed by atoms with Crippen LogP contribution in [-0.4, -0.2) is 0 Å². The van der Waals surface area contributed by atoms with Crippen LogP contribution in [0.2, 0.25) is 0 Å². The number of para-hydroxylation sites is 1. The van der Waals surface area contributed by atoms with E-state index in [9.17, 15) is 4.79 Å². The Balaban J connectivity index is 0.000000245. The van der Waals surface area contributed by atoms with Crippen molar-refractivity contribution in [2.75, 3.05) is 0 Å². The molecule has 0 spiro atoms. The van der Waals surface area contributed by atoms with Gasteiger partial charge in [0.25, 0.3) is 0 Å².